The fourth-order valence-corrected chi connectivity index (χ4v) is 1.09. The van der Waals surface area contributed by atoms with E-state index >= 15 is 0 Å². The van der Waals surface area contributed by atoms with E-state index in [0.717, 1.165) is 5.56 Å². The monoisotopic (exact) mass is 281 g/mol. The zero-order chi connectivity index (χ0) is 16.0. The van der Waals surface area contributed by atoms with E-state index in [9.17, 15) is 4.79 Å². The minimum absolute atomic E-state index is 0.0875. The third-order valence-corrected chi connectivity index (χ3v) is 2.44. The number of nitrogens with two attached hydrogens (primary N) is 1. The molecule has 1 amide bonds. The van der Waals surface area contributed by atoms with Gasteiger partial charge >= 0.3 is 0 Å². The maximum Gasteiger partial charge on any atom is 0.272 e. The van der Waals surface area contributed by atoms with E-state index in [1.54, 1.807) is 24.2 Å². The number of carbonyl (C=O) groups is 1. The Kier molecular flexibility index (Phi) is 14.6. The summed E-state index contributed by atoms with van der Waals surface area (Å²) in [5, 5.41) is 0. The quantitative estimate of drug-likeness (QED) is 0.921. The fourth-order valence-electron chi connectivity index (χ4n) is 1.09. The van der Waals surface area contributed by atoms with Crippen LogP contribution < -0.4 is 5.73 Å². The summed E-state index contributed by atoms with van der Waals surface area (Å²) in [5.41, 5.74) is 6.86. The summed E-state index contributed by atoms with van der Waals surface area (Å²) >= 11 is 0. The van der Waals surface area contributed by atoms with Crippen LogP contribution in [-0.2, 0) is 0 Å². The second kappa shape index (κ2) is 14.0. The van der Waals surface area contributed by atoms with Crippen molar-refractivity contribution < 1.29 is 4.79 Å². The molecule has 1 aromatic rings. The smallest absolute Gasteiger partial charge is 0.272 e. The average molecular weight is 281 g/mol. The number of hydrogen-bond donors (Lipinski definition) is 1. The van der Waals surface area contributed by atoms with Gasteiger partial charge in [0.15, 0.2) is 0 Å². The third kappa shape index (κ3) is 9.50. The highest BCUT2D eigenvalue weighted by Gasteiger charge is 2.11. The molecule has 0 aliphatic rings. The van der Waals surface area contributed by atoms with Crippen LogP contribution in [0.5, 0.6) is 0 Å². The van der Waals surface area contributed by atoms with Crippen molar-refractivity contribution in [3.63, 3.8) is 0 Å². The van der Waals surface area contributed by atoms with Gasteiger partial charge in [0.2, 0.25) is 0 Å². The van der Waals surface area contributed by atoms with Crippen molar-refractivity contribution in [3.8, 4) is 0 Å². The summed E-state index contributed by atoms with van der Waals surface area (Å²) in [6.07, 6.45) is 4.32. The molecule has 1 heterocycles. The van der Waals surface area contributed by atoms with Gasteiger partial charge < -0.3 is 10.6 Å². The Labute approximate surface area is 124 Å². The molecule has 1 rings (SSSR count). The molecule has 0 saturated carbocycles. The van der Waals surface area contributed by atoms with Crippen molar-refractivity contribution in [2.45, 2.75) is 47.5 Å². The first-order valence-electron chi connectivity index (χ1n) is 7.44. The number of aromatic nitrogens is 1. The van der Waals surface area contributed by atoms with Crippen molar-refractivity contribution in [3.05, 3.63) is 29.6 Å². The molecule has 0 aromatic carbocycles. The van der Waals surface area contributed by atoms with Crippen molar-refractivity contribution in [1.29, 1.82) is 0 Å². The molecule has 0 radical (unpaired) electrons. The largest absolute Gasteiger partial charge is 0.339 e. The summed E-state index contributed by atoms with van der Waals surface area (Å²) in [4.78, 5) is 17.3. The summed E-state index contributed by atoms with van der Waals surface area (Å²) in [6, 6.07) is 3.60. The maximum absolute atomic E-state index is 11.7. The number of rotatable bonds is 4. The van der Waals surface area contributed by atoms with Crippen LogP contribution in [-0.4, -0.2) is 35.9 Å². The van der Waals surface area contributed by atoms with Crippen LogP contribution in [0.3, 0.4) is 0 Å². The summed E-state index contributed by atoms with van der Waals surface area (Å²) < 4.78 is 0. The van der Waals surface area contributed by atoms with Crippen LogP contribution in [0.1, 0.15) is 56.6 Å². The molecular formula is C16H31N3O. The lowest BCUT2D eigenvalue weighted by Gasteiger charge is -2.14. The summed E-state index contributed by atoms with van der Waals surface area (Å²) in [7, 11) is 1.72. The standard InChI is InChI=1S/C10H15N3O.C4H10.C2H6/c1-8-3-4-9(12-7-8)10(14)13(2)6-5-11;1-3-4-2;1-2/h3-4,7H,5-6,11H2,1-2H3;3-4H2,1-2H3;1-2H3. The van der Waals surface area contributed by atoms with E-state index in [1.807, 2.05) is 26.8 Å². The van der Waals surface area contributed by atoms with Crippen LogP contribution >= 0.6 is 0 Å². The highest BCUT2D eigenvalue weighted by Crippen LogP contribution is 2.01. The number of carbonyl (C=O) groups excluding carboxylic acids is 1. The minimum Gasteiger partial charge on any atom is -0.339 e. The van der Waals surface area contributed by atoms with Crippen molar-refractivity contribution in [2.75, 3.05) is 20.1 Å². The molecule has 4 heteroatoms. The van der Waals surface area contributed by atoms with Gasteiger partial charge in [-0.05, 0) is 18.6 Å². The summed E-state index contributed by atoms with van der Waals surface area (Å²) in [6.45, 7) is 11.3. The number of aryl methyl sites for hydroxylation is 1. The molecule has 0 aliphatic heterocycles. The van der Waals surface area contributed by atoms with Gasteiger partial charge in [-0.15, -0.1) is 0 Å². The first kappa shape index (κ1) is 20.9. The highest BCUT2D eigenvalue weighted by atomic mass is 16.2. The molecular weight excluding hydrogens is 250 g/mol. The molecule has 20 heavy (non-hydrogen) atoms. The van der Waals surface area contributed by atoms with Gasteiger partial charge in [-0.25, -0.2) is 0 Å². The normalized spacial score (nSPS) is 8.75. The van der Waals surface area contributed by atoms with Gasteiger partial charge in [0.1, 0.15) is 5.69 Å². The fraction of sp³-hybridized carbons (Fsp3) is 0.625. The van der Waals surface area contributed by atoms with Crippen molar-refractivity contribution >= 4 is 5.91 Å². The van der Waals surface area contributed by atoms with Crippen molar-refractivity contribution in [1.82, 2.24) is 9.88 Å². The first-order valence-corrected chi connectivity index (χ1v) is 7.44. The number of hydrogen-bond acceptors (Lipinski definition) is 3. The number of nitrogens with zero attached hydrogens (tertiary/aromatic N) is 2. The van der Waals surface area contributed by atoms with Gasteiger partial charge in [0.05, 0.1) is 0 Å². The first-order chi connectivity index (χ1) is 9.56. The molecule has 0 aliphatic carbocycles. The second-order valence-corrected chi connectivity index (χ2v) is 4.24. The van der Waals surface area contributed by atoms with Gasteiger partial charge in [0.25, 0.3) is 5.91 Å². The molecule has 0 unspecified atom stereocenters. The number of amides is 1. The van der Waals surface area contributed by atoms with Gasteiger partial charge in [-0.3, -0.25) is 9.78 Å². The zero-order valence-electron chi connectivity index (χ0n) is 13.9. The van der Waals surface area contributed by atoms with Crippen LogP contribution in [0.15, 0.2) is 18.3 Å². The van der Waals surface area contributed by atoms with Gasteiger partial charge in [-0.2, -0.15) is 0 Å². The Bertz CT molecular complexity index is 334. The summed E-state index contributed by atoms with van der Waals surface area (Å²) in [5.74, 6) is -0.0875. The molecule has 0 fully saturated rings. The Morgan fingerprint density at radius 3 is 2.15 bits per heavy atom. The van der Waals surface area contributed by atoms with Gasteiger partial charge in [0, 0.05) is 26.3 Å². The Balaban J connectivity index is 0. The molecule has 1 aromatic heterocycles. The molecule has 116 valence electrons. The number of likely N-dealkylation sites (N-methyl/N-ethyl adjacent to an activating group) is 1. The number of pyridine rings is 1. The lowest BCUT2D eigenvalue weighted by molar-refractivity contribution is 0.0793. The van der Waals surface area contributed by atoms with E-state index in [0.29, 0.717) is 18.8 Å². The molecule has 0 bridgehead atoms. The Morgan fingerprint density at radius 1 is 1.25 bits per heavy atom. The Morgan fingerprint density at radius 2 is 1.80 bits per heavy atom. The lowest BCUT2D eigenvalue weighted by Crippen LogP contribution is -2.32. The van der Waals surface area contributed by atoms with E-state index in [4.69, 9.17) is 5.73 Å². The third-order valence-electron chi connectivity index (χ3n) is 2.44. The topological polar surface area (TPSA) is 59.2 Å². The highest BCUT2D eigenvalue weighted by molar-refractivity contribution is 5.92. The zero-order valence-corrected chi connectivity index (χ0v) is 13.9. The number of unbranched alkanes of at least 4 members (excludes halogenated alkanes) is 1. The van der Waals surface area contributed by atoms with Crippen LogP contribution in [0, 0.1) is 6.92 Å². The van der Waals surface area contributed by atoms with E-state index in [1.165, 1.54) is 12.8 Å². The van der Waals surface area contributed by atoms with Gasteiger partial charge in [-0.1, -0.05) is 46.6 Å². The van der Waals surface area contributed by atoms with Crippen molar-refractivity contribution in [2.24, 2.45) is 5.73 Å². The Hall–Kier alpha value is -1.42. The predicted octanol–water partition coefficient (Wildman–Crippen LogP) is 3.25. The maximum atomic E-state index is 11.7. The predicted molar refractivity (Wildman–Crippen MR) is 86.9 cm³/mol. The molecule has 0 atom stereocenters. The SMILES string of the molecule is CC.CCCC.Cc1ccc(C(=O)N(C)CCN)nc1. The molecule has 0 saturated heterocycles. The van der Waals surface area contributed by atoms with Crippen LogP contribution in [0.25, 0.3) is 0 Å². The second-order valence-electron chi connectivity index (χ2n) is 4.24. The minimum atomic E-state index is -0.0875. The molecule has 2 N–H and O–H groups in total. The van der Waals surface area contributed by atoms with E-state index in [-0.39, 0.29) is 5.91 Å². The molecule has 4 nitrogen and oxygen atoms in total. The van der Waals surface area contributed by atoms with Crippen LogP contribution in [0.2, 0.25) is 0 Å². The van der Waals surface area contributed by atoms with E-state index < -0.39 is 0 Å². The average Bonchev–Trinajstić information content (AvgIpc) is 2.50. The lowest BCUT2D eigenvalue weighted by atomic mass is 10.2. The van der Waals surface area contributed by atoms with Crippen LogP contribution in [0.4, 0.5) is 0 Å². The molecule has 0 spiro atoms. The van der Waals surface area contributed by atoms with E-state index in [2.05, 4.69) is 18.8 Å².